The molecule has 2 aliphatic rings. The first-order chi connectivity index (χ1) is 13.0. The van der Waals surface area contributed by atoms with Crippen LogP contribution in [0.15, 0.2) is 18.3 Å². The van der Waals surface area contributed by atoms with Crippen LogP contribution in [0.4, 0.5) is 5.82 Å². The summed E-state index contributed by atoms with van der Waals surface area (Å²) in [5, 5.41) is 0. The van der Waals surface area contributed by atoms with Gasteiger partial charge in [-0.3, -0.25) is 9.59 Å². The zero-order chi connectivity index (χ0) is 19.2. The number of hydrogen-bond acceptors (Lipinski definition) is 5. The summed E-state index contributed by atoms with van der Waals surface area (Å²) in [6.45, 7) is 8.63. The van der Waals surface area contributed by atoms with Crippen LogP contribution in [-0.4, -0.2) is 61.0 Å². The van der Waals surface area contributed by atoms with E-state index in [1.807, 2.05) is 17.0 Å². The minimum Gasteiger partial charge on any atom is -0.380 e. The number of ether oxygens (including phenoxy) is 1. The number of Topliss-reactive ketones (excluding diaryl/α,β-unsaturated/α-hetero) is 1. The fourth-order valence-electron chi connectivity index (χ4n) is 3.85. The lowest BCUT2D eigenvalue weighted by molar-refractivity contribution is -0.124. The molecule has 148 valence electrons. The number of nitrogens with zero attached hydrogens (tertiary/aromatic N) is 3. The molecule has 0 aliphatic carbocycles. The van der Waals surface area contributed by atoms with E-state index in [0.29, 0.717) is 36.8 Å². The highest BCUT2D eigenvalue weighted by Gasteiger charge is 2.29. The Morgan fingerprint density at radius 2 is 2.04 bits per heavy atom. The molecule has 2 aliphatic heterocycles. The molecule has 1 aromatic heterocycles. The fourth-order valence-corrected chi connectivity index (χ4v) is 3.85. The molecule has 0 saturated carbocycles. The molecular formula is C21H31N3O3. The number of likely N-dealkylation sites (tertiary alicyclic amines) is 1. The number of aromatic nitrogens is 1. The SMILES string of the molecule is CC(C)CC(=O)[C@H]1CCCN(C(=O)c2ccc(N3CCCOCC3)nc2)C1. The Hall–Kier alpha value is -1.95. The first kappa shape index (κ1) is 19.8. The molecule has 0 aromatic carbocycles. The van der Waals surface area contributed by atoms with Gasteiger partial charge in [0, 0.05) is 51.3 Å². The topological polar surface area (TPSA) is 62.7 Å². The van der Waals surface area contributed by atoms with Crippen molar-refractivity contribution in [3.63, 3.8) is 0 Å². The average Bonchev–Trinajstić information content (AvgIpc) is 2.97. The molecule has 6 heteroatoms. The second-order valence-electron chi connectivity index (χ2n) is 8.01. The molecule has 0 spiro atoms. The molecule has 0 N–H and O–H groups in total. The van der Waals surface area contributed by atoms with Crippen LogP contribution in [0.1, 0.15) is 49.9 Å². The summed E-state index contributed by atoms with van der Waals surface area (Å²) in [5.41, 5.74) is 0.599. The summed E-state index contributed by atoms with van der Waals surface area (Å²) in [6, 6.07) is 3.78. The Balaban J connectivity index is 1.62. The van der Waals surface area contributed by atoms with E-state index in [2.05, 4.69) is 23.7 Å². The van der Waals surface area contributed by atoms with Gasteiger partial charge in [-0.2, -0.15) is 0 Å². The van der Waals surface area contributed by atoms with Crippen molar-refractivity contribution in [3.8, 4) is 0 Å². The molecule has 3 heterocycles. The van der Waals surface area contributed by atoms with E-state index in [1.54, 1.807) is 6.20 Å². The monoisotopic (exact) mass is 373 g/mol. The lowest BCUT2D eigenvalue weighted by atomic mass is 9.89. The Kier molecular flexibility index (Phi) is 6.83. The molecule has 0 radical (unpaired) electrons. The Morgan fingerprint density at radius 3 is 2.78 bits per heavy atom. The molecule has 3 rings (SSSR count). The average molecular weight is 373 g/mol. The number of anilines is 1. The molecule has 0 bridgehead atoms. The van der Waals surface area contributed by atoms with Crippen LogP contribution in [0.2, 0.25) is 0 Å². The van der Waals surface area contributed by atoms with Gasteiger partial charge in [-0.05, 0) is 37.3 Å². The lowest BCUT2D eigenvalue weighted by Gasteiger charge is -2.32. The first-order valence-corrected chi connectivity index (χ1v) is 10.2. The molecule has 2 saturated heterocycles. The summed E-state index contributed by atoms with van der Waals surface area (Å²) in [4.78, 5) is 33.8. The van der Waals surface area contributed by atoms with E-state index in [0.717, 1.165) is 51.3 Å². The van der Waals surface area contributed by atoms with Gasteiger partial charge in [0.25, 0.3) is 5.91 Å². The van der Waals surface area contributed by atoms with E-state index >= 15 is 0 Å². The van der Waals surface area contributed by atoms with Crippen molar-refractivity contribution >= 4 is 17.5 Å². The van der Waals surface area contributed by atoms with Crippen molar-refractivity contribution in [3.05, 3.63) is 23.9 Å². The summed E-state index contributed by atoms with van der Waals surface area (Å²) < 4.78 is 5.48. The number of hydrogen-bond donors (Lipinski definition) is 0. The normalized spacial score (nSPS) is 21.2. The summed E-state index contributed by atoms with van der Waals surface area (Å²) in [5.74, 6) is 1.51. The van der Waals surface area contributed by atoms with E-state index in [4.69, 9.17) is 4.74 Å². The van der Waals surface area contributed by atoms with E-state index in [1.165, 1.54) is 0 Å². The quantitative estimate of drug-likeness (QED) is 0.794. The second kappa shape index (κ2) is 9.31. The van der Waals surface area contributed by atoms with Gasteiger partial charge in [-0.15, -0.1) is 0 Å². The predicted octanol–water partition coefficient (Wildman–Crippen LogP) is 2.78. The molecule has 0 unspecified atom stereocenters. The van der Waals surface area contributed by atoms with Crippen LogP contribution in [-0.2, 0) is 9.53 Å². The minimum absolute atomic E-state index is 0.0182. The number of amides is 1. The second-order valence-corrected chi connectivity index (χ2v) is 8.01. The summed E-state index contributed by atoms with van der Waals surface area (Å²) >= 11 is 0. The van der Waals surface area contributed by atoms with Crippen LogP contribution in [0, 0.1) is 11.8 Å². The Morgan fingerprint density at radius 1 is 1.19 bits per heavy atom. The van der Waals surface area contributed by atoms with E-state index in [-0.39, 0.29) is 11.8 Å². The third-order valence-corrected chi connectivity index (χ3v) is 5.31. The number of ketones is 1. The smallest absolute Gasteiger partial charge is 0.255 e. The van der Waals surface area contributed by atoms with Crippen molar-refractivity contribution in [1.82, 2.24) is 9.88 Å². The first-order valence-electron chi connectivity index (χ1n) is 10.2. The molecule has 6 nitrogen and oxygen atoms in total. The standard InChI is InChI=1S/C21H31N3O3/c1-16(2)13-19(25)18-5-3-8-24(15-18)21(26)17-6-7-20(22-14-17)23-9-4-11-27-12-10-23/h6-7,14,16,18H,3-5,8-13,15H2,1-2H3/t18-/m0/s1. The maximum absolute atomic E-state index is 12.9. The third kappa shape index (κ3) is 5.28. The number of rotatable bonds is 5. The molecule has 1 amide bonds. The number of piperidine rings is 1. The Bertz CT molecular complexity index is 637. The van der Waals surface area contributed by atoms with Crippen LogP contribution in [0.25, 0.3) is 0 Å². The van der Waals surface area contributed by atoms with Crippen LogP contribution < -0.4 is 4.90 Å². The van der Waals surface area contributed by atoms with Gasteiger partial charge in [0.2, 0.25) is 0 Å². The summed E-state index contributed by atoms with van der Waals surface area (Å²) in [7, 11) is 0. The number of pyridine rings is 1. The lowest BCUT2D eigenvalue weighted by Crippen LogP contribution is -2.42. The van der Waals surface area contributed by atoms with Crippen molar-refractivity contribution in [1.29, 1.82) is 0 Å². The third-order valence-electron chi connectivity index (χ3n) is 5.31. The maximum Gasteiger partial charge on any atom is 0.255 e. The van der Waals surface area contributed by atoms with Crippen molar-refractivity contribution in [2.24, 2.45) is 11.8 Å². The highest BCUT2D eigenvalue weighted by atomic mass is 16.5. The van der Waals surface area contributed by atoms with Crippen molar-refractivity contribution in [2.75, 3.05) is 44.3 Å². The zero-order valence-electron chi connectivity index (χ0n) is 16.5. The van der Waals surface area contributed by atoms with Gasteiger partial charge in [0.15, 0.2) is 0 Å². The summed E-state index contributed by atoms with van der Waals surface area (Å²) in [6.07, 6.45) is 5.04. The van der Waals surface area contributed by atoms with Gasteiger partial charge >= 0.3 is 0 Å². The Labute approximate surface area is 161 Å². The highest BCUT2D eigenvalue weighted by Crippen LogP contribution is 2.22. The van der Waals surface area contributed by atoms with Crippen LogP contribution in [0.5, 0.6) is 0 Å². The van der Waals surface area contributed by atoms with E-state index < -0.39 is 0 Å². The van der Waals surface area contributed by atoms with E-state index in [9.17, 15) is 9.59 Å². The van der Waals surface area contributed by atoms with Crippen molar-refractivity contribution in [2.45, 2.75) is 39.5 Å². The fraction of sp³-hybridized carbons (Fsp3) is 0.667. The highest BCUT2D eigenvalue weighted by molar-refractivity contribution is 5.94. The van der Waals surface area contributed by atoms with Gasteiger partial charge in [-0.25, -0.2) is 4.98 Å². The molecular weight excluding hydrogens is 342 g/mol. The van der Waals surface area contributed by atoms with Gasteiger partial charge < -0.3 is 14.5 Å². The van der Waals surface area contributed by atoms with Crippen LogP contribution in [0.3, 0.4) is 0 Å². The van der Waals surface area contributed by atoms with Gasteiger partial charge in [0.1, 0.15) is 11.6 Å². The minimum atomic E-state index is -0.0190. The van der Waals surface area contributed by atoms with Gasteiger partial charge in [0.05, 0.1) is 12.2 Å². The molecule has 27 heavy (non-hydrogen) atoms. The number of carbonyl (C=O) groups excluding carboxylic acids is 2. The van der Waals surface area contributed by atoms with Gasteiger partial charge in [-0.1, -0.05) is 13.8 Å². The van der Waals surface area contributed by atoms with Crippen LogP contribution >= 0.6 is 0 Å². The predicted molar refractivity (Wildman–Crippen MR) is 105 cm³/mol. The zero-order valence-corrected chi connectivity index (χ0v) is 16.5. The largest absolute Gasteiger partial charge is 0.380 e. The number of carbonyl (C=O) groups is 2. The molecule has 2 fully saturated rings. The maximum atomic E-state index is 12.9. The molecule has 1 atom stereocenters. The molecule has 1 aromatic rings. The van der Waals surface area contributed by atoms with Crippen molar-refractivity contribution < 1.29 is 14.3 Å².